The van der Waals surface area contributed by atoms with Crippen molar-refractivity contribution in [3.05, 3.63) is 17.1 Å². The highest BCUT2D eigenvalue weighted by Gasteiger charge is 2.51. The summed E-state index contributed by atoms with van der Waals surface area (Å²) in [6.45, 7) is 1.89. The SMILES string of the molecule is Cc1nnn(CC2=C(C(=O)O)N3C(=O)C(N)[C@H]3SC2)n1. The number of aromatic nitrogens is 4. The predicted octanol–water partition coefficient (Wildman–Crippen LogP) is -1.44. The lowest BCUT2D eigenvalue weighted by Crippen LogP contribution is -2.68. The molecule has 1 aromatic heterocycles. The van der Waals surface area contributed by atoms with Gasteiger partial charge in [0.1, 0.15) is 17.1 Å². The van der Waals surface area contributed by atoms with Crippen molar-refractivity contribution in [2.75, 3.05) is 5.75 Å². The average Bonchev–Trinajstić information content (AvgIpc) is 2.82. The maximum Gasteiger partial charge on any atom is 0.352 e. The van der Waals surface area contributed by atoms with Gasteiger partial charge in [-0.2, -0.15) is 4.80 Å². The second-order valence-corrected chi connectivity index (χ2v) is 5.66. The van der Waals surface area contributed by atoms with Gasteiger partial charge >= 0.3 is 5.97 Å². The Morgan fingerprint density at radius 1 is 1.60 bits per heavy atom. The normalized spacial score (nSPS) is 25.5. The van der Waals surface area contributed by atoms with Gasteiger partial charge in [-0.05, 0) is 17.7 Å². The molecule has 9 nitrogen and oxygen atoms in total. The van der Waals surface area contributed by atoms with E-state index in [2.05, 4.69) is 15.4 Å². The van der Waals surface area contributed by atoms with Gasteiger partial charge in [0.2, 0.25) is 5.91 Å². The summed E-state index contributed by atoms with van der Waals surface area (Å²) >= 11 is 1.45. The monoisotopic (exact) mass is 296 g/mol. The van der Waals surface area contributed by atoms with E-state index in [0.29, 0.717) is 17.2 Å². The number of aryl methyl sites for hydroxylation is 1. The van der Waals surface area contributed by atoms with Crippen LogP contribution in [0.2, 0.25) is 0 Å². The molecule has 0 aliphatic carbocycles. The van der Waals surface area contributed by atoms with E-state index in [-0.39, 0.29) is 23.5 Å². The van der Waals surface area contributed by atoms with Crippen molar-refractivity contribution in [2.45, 2.75) is 24.9 Å². The Kier molecular flexibility index (Phi) is 2.98. The van der Waals surface area contributed by atoms with Gasteiger partial charge in [0.15, 0.2) is 5.82 Å². The lowest BCUT2D eigenvalue weighted by Gasteiger charge is -2.47. The number of hydrogen-bond acceptors (Lipinski definition) is 7. The van der Waals surface area contributed by atoms with Crippen LogP contribution in [0.15, 0.2) is 11.3 Å². The summed E-state index contributed by atoms with van der Waals surface area (Å²) in [5, 5.41) is 20.6. The molecule has 20 heavy (non-hydrogen) atoms. The first-order valence-corrected chi connectivity index (χ1v) is 6.94. The number of aliphatic carboxylic acids is 1. The maximum absolute atomic E-state index is 11.8. The Morgan fingerprint density at radius 3 is 2.95 bits per heavy atom. The highest BCUT2D eigenvalue weighted by Crippen LogP contribution is 2.39. The van der Waals surface area contributed by atoms with Gasteiger partial charge in [0.25, 0.3) is 0 Å². The number of tetrazole rings is 1. The minimum Gasteiger partial charge on any atom is -0.477 e. The molecule has 0 bridgehead atoms. The summed E-state index contributed by atoms with van der Waals surface area (Å²) in [5.74, 6) is -0.516. The van der Waals surface area contributed by atoms with Crippen molar-refractivity contribution in [3.63, 3.8) is 0 Å². The molecule has 3 heterocycles. The van der Waals surface area contributed by atoms with E-state index >= 15 is 0 Å². The average molecular weight is 296 g/mol. The largest absolute Gasteiger partial charge is 0.477 e. The van der Waals surface area contributed by atoms with Gasteiger partial charge in [-0.1, -0.05) is 0 Å². The number of fused-ring (bicyclic) bond motifs is 1. The zero-order valence-electron chi connectivity index (χ0n) is 10.6. The van der Waals surface area contributed by atoms with E-state index in [1.807, 2.05) is 0 Å². The smallest absolute Gasteiger partial charge is 0.352 e. The predicted molar refractivity (Wildman–Crippen MR) is 68.3 cm³/mol. The van der Waals surface area contributed by atoms with Crippen molar-refractivity contribution in [1.82, 2.24) is 25.1 Å². The maximum atomic E-state index is 11.8. The number of carbonyl (C=O) groups excluding carboxylic acids is 1. The fourth-order valence-corrected chi connectivity index (χ4v) is 3.54. The molecule has 3 N–H and O–H groups in total. The van der Waals surface area contributed by atoms with E-state index in [4.69, 9.17) is 5.73 Å². The molecule has 0 spiro atoms. The molecule has 106 valence electrons. The van der Waals surface area contributed by atoms with Crippen LogP contribution in [0, 0.1) is 6.92 Å². The number of amides is 1. The number of carboxylic acid groups (broad SMARTS) is 1. The van der Waals surface area contributed by atoms with Crippen molar-refractivity contribution in [1.29, 1.82) is 0 Å². The topological polar surface area (TPSA) is 127 Å². The quantitative estimate of drug-likeness (QED) is 0.649. The van der Waals surface area contributed by atoms with E-state index in [9.17, 15) is 14.7 Å². The molecule has 1 amide bonds. The third kappa shape index (κ3) is 1.88. The first-order chi connectivity index (χ1) is 9.49. The standard InChI is InChI=1S/C10H12N6O3S/c1-4-12-14-15(13-4)2-5-3-20-9-6(11)8(17)16(9)7(5)10(18)19/h6,9H,2-3,11H2,1H3,(H,18,19)/t6?,9-/m1/s1. The van der Waals surface area contributed by atoms with Crippen LogP contribution in [0.3, 0.4) is 0 Å². The van der Waals surface area contributed by atoms with Gasteiger partial charge in [-0.25, -0.2) is 4.79 Å². The molecule has 3 rings (SSSR count). The van der Waals surface area contributed by atoms with Crippen LogP contribution < -0.4 is 5.73 Å². The summed E-state index contributed by atoms with van der Waals surface area (Å²) in [6.07, 6.45) is 0. The molecule has 0 saturated carbocycles. The van der Waals surface area contributed by atoms with Crippen LogP contribution in [0.25, 0.3) is 0 Å². The Morgan fingerprint density at radius 2 is 2.35 bits per heavy atom. The Hall–Kier alpha value is -1.94. The van der Waals surface area contributed by atoms with E-state index < -0.39 is 12.0 Å². The Balaban J connectivity index is 1.94. The molecule has 0 radical (unpaired) electrons. The summed E-state index contributed by atoms with van der Waals surface area (Å²) in [4.78, 5) is 25.8. The first kappa shape index (κ1) is 13.1. The molecular formula is C10H12N6O3S. The van der Waals surface area contributed by atoms with Crippen LogP contribution in [-0.4, -0.2) is 59.3 Å². The lowest BCUT2D eigenvalue weighted by atomic mass is 10.0. The van der Waals surface area contributed by atoms with E-state index in [1.54, 1.807) is 6.92 Å². The number of nitrogens with zero attached hydrogens (tertiary/aromatic N) is 5. The molecule has 1 aromatic rings. The van der Waals surface area contributed by atoms with Gasteiger partial charge in [0, 0.05) is 5.75 Å². The lowest BCUT2D eigenvalue weighted by molar-refractivity contribution is -0.148. The summed E-state index contributed by atoms with van der Waals surface area (Å²) < 4.78 is 0. The number of carbonyl (C=O) groups is 2. The van der Waals surface area contributed by atoms with Crippen molar-refractivity contribution >= 4 is 23.6 Å². The van der Waals surface area contributed by atoms with Crippen molar-refractivity contribution in [3.8, 4) is 0 Å². The van der Waals surface area contributed by atoms with Crippen LogP contribution in [-0.2, 0) is 16.1 Å². The first-order valence-electron chi connectivity index (χ1n) is 5.89. The summed E-state index contributed by atoms with van der Waals surface area (Å²) in [7, 11) is 0. The molecule has 2 aliphatic heterocycles. The highest BCUT2D eigenvalue weighted by molar-refractivity contribution is 8.00. The fraction of sp³-hybridized carbons (Fsp3) is 0.500. The van der Waals surface area contributed by atoms with Gasteiger partial charge in [-0.3, -0.25) is 9.69 Å². The molecule has 1 fully saturated rings. The molecule has 1 unspecified atom stereocenters. The van der Waals surface area contributed by atoms with Gasteiger partial charge < -0.3 is 10.8 Å². The second kappa shape index (κ2) is 4.56. The zero-order chi connectivity index (χ0) is 14.4. The third-order valence-corrected chi connectivity index (χ3v) is 4.54. The Labute approximate surface area is 117 Å². The minimum absolute atomic E-state index is 0.00426. The molecular weight excluding hydrogens is 284 g/mol. The fourth-order valence-electron chi connectivity index (χ4n) is 2.26. The number of nitrogens with two attached hydrogens (primary N) is 1. The minimum atomic E-state index is -1.14. The van der Waals surface area contributed by atoms with Gasteiger partial charge in [-0.15, -0.1) is 22.0 Å². The number of thioether (sulfide) groups is 1. The zero-order valence-corrected chi connectivity index (χ0v) is 11.4. The van der Waals surface area contributed by atoms with E-state index in [1.165, 1.54) is 21.5 Å². The van der Waals surface area contributed by atoms with Crippen LogP contribution in [0.1, 0.15) is 5.82 Å². The molecule has 2 aliphatic rings. The number of hydrogen-bond donors (Lipinski definition) is 2. The number of carboxylic acids is 1. The van der Waals surface area contributed by atoms with Crippen molar-refractivity contribution < 1.29 is 14.7 Å². The molecule has 2 atom stereocenters. The van der Waals surface area contributed by atoms with Crippen LogP contribution in [0.4, 0.5) is 0 Å². The third-order valence-electron chi connectivity index (χ3n) is 3.18. The molecule has 10 heteroatoms. The Bertz CT molecular complexity index is 626. The van der Waals surface area contributed by atoms with Crippen LogP contribution >= 0.6 is 11.8 Å². The summed E-state index contributed by atoms with van der Waals surface area (Å²) in [5.41, 5.74) is 6.25. The second-order valence-electron chi connectivity index (χ2n) is 4.56. The van der Waals surface area contributed by atoms with E-state index in [0.717, 1.165) is 0 Å². The van der Waals surface area contributed by atoms with Crippen LogP contribution in [0.5, 0.6) is 0 Å². The number of β-lactam (4-membered cyclic amide) rings is 1. The highest BCUT2D eigenvalue weighted by atomic mass is 32.2. The number of rotatable bonds is 3. The molecule has 0 aromatic carbocycles. The van der Waals surface area contributed by atoms with Crippen molar-refractivity contribution in [2.24, 2.45) is 5.73 Å². The summed E-state index contributed by atoms with van der Waals surface area (Å²) in [6, 6.07) is -0.623. The molecule has 1 saturated heterocycles. The van der Waals surface area contributed by atoms with Gasteiger partial charge in [0.05, 0.1) is 6.54 Å².